The maximum Gasteiger partial charge on any atom is 0.352 e. The molecular weight excluding hydrogens is 649 g/mol. The smallest absolute Gasteiger partial charge is 0.352 e. The number of phenols is 1. The van der Waals surface area contributed by atoms with E-state index in [9.17, 15) is 23.9 Å². The van der Waals surface area contributed by atoms with Crippen LogP contribution in [0.1, 0.15) is 35.1 Å². The van der Waals surface area contributed by atoms with Crippen LogP contribution in [0.15, 0.2) is 118 Å². The first kappa shape index (κ1) is 30.6. The zero-order valence-corrected chi connectivity index (χ0v) is 26.8. The number of carbonyl (C=O) groups excluding carboxylic acids is 2. The molecular formula is C37H29ClFN5O5. The van der Waals surface area contributed by atoms with Gasteiger partial charge in [-0.3, -0.25) is 15.0 Å². The highest BCUT2D eigenvalue weighted by Gasteiger charge is 2.69. The minimum atomic E-state index is -1.61. The quantitative estimate of drug-likeness (QED) is 0.195. The molecule has 10 nitrogen and oxygen atoms in total. The number of amides is 2. The number of imide groups is 1. The predicted octanol–water partition coefficient (Wildman–Crippen LogP) is 5.23. The van der Waals surface area contributed by atoms with E-state index in [-0.39, 0.29) is 18.7 Å². The fourth-order valence-electron chi connectivity index (χ4n) is 7.97. The summed E-state index contributed by atoms with van der Waals surface area (Å²) in [5.74, 6) is -3.73. The van der Waals surface area contributed by atoms with Crippen LogP contribution in [-0.4, -0.2) is 35.9 Å². The molecule has 1 aromatic heterocycles. The van der Waals surface area contributed by atoms with E-state index >= 15 is 4.79 Å². The number of hydrogen-bond donors (Lipinski definition) is 2. The Labute approximate surface area is 283 Å². The van der Waals surface area contributed by atoms with Crippen molar-refractivity contribution in [2.45, 2.75) is 37.3 Å². The van der Waals surface area contributed by atoms with E-state index in [2.05, 4.69) is 5.43 Å². The van der Waals surface area contributed by atoms with Crippen molar-refractivity contribution in [3.05, 3.63) is 157 Å². The van der Waals surface area contributed by atoms with Crippen LogP contribution in [0.2, 0.25) is 5.02 Å². The number of aromatic hydroxyl groups is 1. The Kier molecular flexibility index (Phi) is 7.00. The molecule has 0 radical (unpaired) electrons. The average molecular weight is 678 g/mol. The Morgan fingerprint density at radius 3 is 2.31 bits per heavy atom. The predicted molar refractivity (Wildman–Crippen MR) is 180 cm³/mol. The summed E-state index contributed by atoms with van der Waals surface area (Å²) in [5, 5.41) is 13.0. The molecule has 0 unspecified atom stereocenters. The number of hydrazine groups is 1. The number of para-hydroxylation sites is 2. The van der Waals surface area contributed by atoms with Gasteiger partial charge in [-0.25, -0.2) is 27.9 Å². The largest absolute Gasteiger partial charge is 0.507 e. The van der Waals surface area contributed by atoms with Gasteiger partial charge in [-0.15, -0.1) is 0 Å². The molecule has 246 valence electrons. The third-order valence-electron chi connectivity index (χ3n) is 10.1. The Bertz CT molecular complexity index is 2310. The van der Waals surface area contributed by atoms with Gasteiger partial charge >= 0.3 is 11.4 Å². The van der Waals surface area contributed by atoms with Gasteiger partial charge in [-0.05, 0) is 78.6 Å². The number of carbonyl (C=O) groups is 2. The topological polar surface area (TPSA) is 119 Å². The second kappa shape index (κ2) is 11.2. The molecule has 0 bridgehead atoms. The summed E-state index contributed by atoms with van der Waals surface area (Å²) >= 11 is 6.33. The number of nitrogens with zero attached hydrogens (tertiary/aromatic N) is 4. The monoisotopic (exact) mass is 677 g/mol. The van der Waals surface area contributed by atoms with Crippen molar-refractivity contribution in [1.82, 2.24) is 18.9 Å². The third kappa shape index (κ3) is 4.38. The first-order valence-electron chi connectivity index (χ1n) is 15.8. The molecule has 4 aromatic carbocycles. The molecule has 0 spiro atoms. The number of aryl methyl sites for hydroxylation is 1. The zero-order valence-electron chi connectivity index (χ0n) is 26.1. The van der Waals surface area contributed by atoms with Crippen molar-refractivity contribution >= 4 is 29.1 Å². The highest BCUT2D eigenvalue weighted by Crippen LogP contribution is 2.63. The summed E-state index contributed by atoms with van der Waals surface area (Å²) in [6, 6.07) is 25.0. The molecule has 2 aliphatic heterocycles. The van der Waals surface area contributed by atoms with Crippen molar-refractivity contribution < 1.29 is 19.1 Å². The molecule has 3 heterocycles. The van der Waals surface area contributed by atoms with E-state index in [0.717, 1.165) is 9.58 Å². The number of fused-ring (bicyclic) bond motifs is 4. The van der Waals surface area contributed by atoms with Gasteiger partial charge in [0.15, 0.2) is 0 Å². The number of benzene rings is 4. The molecule has 2 N–H and O–H groups in total. The summed E-state index contributed by atoms with van der Waals surface area (Å²) in [6.07, 6.45) is 1.82. The van der Waals surface area contributed by atoms with Crippen LogP contribution in [-0.2, 0) is 21.5 Å². The molecule has 4 atom stereocenters. The summed E-state index contributed by atoms with van der Waals surface area (Å²) in [6.45, 7) is 1.76. The third-order valence-corrected chi connectivity index (χ3v) is 10.4. The molecule has 1 saturated heterocycles. The SMILES string of the molecule is Cc1cccc([C@H]2C3=CCn4c(=O)n(-c5ccccc5)c(=O)n4[C@@H]3C[C@H]3C(=O)N(Nc4ccc(F)cc4)C(=O)[C@@]23c2ccc(Cl)cc2)c1O. The van der Waals surface area contributed by atoms with Crippen LogP contribution >= 0.6 is 11.6 Å². The molecule has 2 amide bonds. The van der Waals surface area contributed by atoms with E-state index < -0.39 is 52.3 Å². The second-order valence-electron chi connectivity index (χ2n) is 12.6. The van der Waals surface area contributed by atoms with Crippen LogP contribution in [0.25, 0.3) is 5.69 Å². The number of hydrogen-bond acceptors (Lipinski definition) is 6. The number of halogens is 2. The number of phenolic OH excluding ortho intramolecular Hbond substituents is 1. The van der Waals surface area contributed by atoms with Crippen LogP contribution < -0.4 is 16.8 Å². The highest BCUT2D eigenvalue weighted by molar-refractivity contribution is 6.30. The average Bonchev–Trinajstić information content (AvgIpc) is 3.48. The lowest BCUT2D eigenvalue weighted by atomic mass is 9.53. The Morgan fingerprint density at radius 1 is 0.878 bits per heavy atom. The van der Waals surface area contributed by atoms with Gasteiger partial charge in [-0.2, -0.15) is 5.01 Å². The van der Waals surface area contributed by atoms with E-state index in [1.807, 2.05) is 6.08 Å². The van der Waals surface area contributed by atoms with Crippen LogP contribution in [0.4, 0.5) is 10.1 Å². The Balaban J connectivity index is 1.39. The van der Waals surface area contributed by atoms with Crippen LogP contribution in [0.5, 0.6) is 5.75 Å². The molecule has 1 saturated carbocycles. The van der Waals surface area contributed by atoms with Gasteiger partial charge in [0.05, 0.1) is 35.3 Å². The van der Waals surface area contributed by atoms with Gasteiger partial charge in [0, 0.05) is 16.5 Å². The van der Waals surface area contributed by atoms with Gasteiger partial charge in [0.1, 0.15) is 11.6 Å². The Morgan fingerprint density at radius 2 is 1.59 bits per heavy atom. The summed E-state index contributed by atoms with van der Waals surface area (Å²) < 4.78 is 17.6. The fraction of sp³-hybridized carbons (Fsp3) is 0.189. The minimum absolute atomic E-state index is 0.0120. The first-order chi connectivity index (χ1) is 23.6. The lowest BCUT2D eigenvalue weighted by Crippen LogP contribution is -2.53. The number of nitrogens with one attached hydrogen (secondary N) is 1. The number of allylic oxidation sites excluding steroid dienone is 2. The molecule has 8 rings (SSSR count). The lowest BCUT2D eigenvalue weighted by Gasteiger charge is -2.49. The number of aromatic nitrogens is 3. The van der Waals surface area contributed by atoms with Crippen molar-refractivity contribution in [3.8, 4) is 11.4 Å². The lowest BCUT2D eigenvalue weighted by molar-refractivity contribution is -0.138. The zero-order chi connectivity index (χ0) is 34.2. The fourth-order valence-corrected chi connectivity index (χ4v) is 8.10. The van der Waals surface area contributed by atoms with Crippen molar-refractivity contribution in [2.24, 2.45) is 5.92 Å². The maximum atomic E-state index is 15.1. The van der Waals surface area contributed by atoms with Gasteiger partial charge in [-0.1, -0.05) is 66.2 Å². The summed E-state index contributed by atoms with van der Waals surface area (Å²) in [7, 11) is 0. The van der Waals surface area contributed by atoms with E-state index in [0.29, 0.717) is 38.7 Å². The van der Waals surface area contributed by atoms with Crippen molar-refractivity contribution in [3.63, 3.8) is 0 Å². The van der Waals surface area contributed by atoms with E-state index in [1.54, 1.807) is 79.7 Å². The van der Waals surface area contributed by atoms with Gasteiger partial charge in [0.2, 0.25) is 0 Å². The molecule has 3 aliphatic rings. The first-order valence-corrected chi connectivity index (χ1v) is 16.2. The van der Waals surface area contributed by atoms with Gasteiger partial charge < -0.3 is 5.11 Å². The van der Waals surface area contributed by atoms with Gasteiger partial charge in [0.25, 0.3) is 11.8 Å². The minimum Gasteiger partial charge on any atom is -0.507 e. The highest BCUT2D eigenvalue weighted by atomic mass is 35.5. The van der Waals surface area contributed by atoms with Crippen molar-refractivity contribution in [2.75, 3.05) is 5.43 Å². The number of rotatable bonds is 5. The number of anilines is 1. The summed E-state index contributed by atoms with van der Waals surface area (Å²) in [4.78, 5) is 57.8. The molecule has 5 aromatic rings. The summed E-state index contributed by atoms with van der Waals surface area (Å²) in [5.41, 5.74) is 2.93. The van der Waals surface area contributed by atoms with E-state index in [4.69, 9.17) is 11.6 Å². The molecule has 1 aliphatic carbocycles. The molecule has 2 fully saturated rings. The van der Waals surface area contributed by atoms with Crippen molar-refractivity contribution in [1.29, 1.82) is 0 Å². The second-order valence-corrected chi connectivity index (χ2v) is 13.0. The van der Waals surface area contributed by atoms with Crippen LogP contribution in [0, 0.1) is 18.7 Å². The Hall–Kier alpha value is -5.68. The molecule has 12 heteroatoms. The normalized spacial score (nSPS) is 22.7. The standard InChI is InChI=1S/C37H29ClFN5O5/c1-21-6-5-9-28(32(21)45)31-27-18-19-41-35(48)42(26-7-3-2-4-8-26)36(49)44(41)30(27)20-29-33(46)43(40-25-16-14-24(39)15-17-25)34(47)37(29,31)22-10-12-23(38)13-11-22/h2-18,29-31,40,45H,19-20H2,1H3/t29-,30+,31+,37+/m0/s1. The molecule has 49 heavy (non-hydrogen) atoms. The van der Waals surface area contributed by atoms with E-state index in [1.165, 1.54) is 33.6 Å². The maximum absolute atomic E-state index is 15.1. The van der Waals surface area contributed by atoms with Crippen LogP contribution in [0.3, 0.4) is 0 Å².